The van der Waals surface area contributed by atoms with Crippen LogP contribution in [0.2, 0.25) is 0 Å². The van der Waals surface area contributed by atoms with E-state index in [1.165, 1.54) is 18.2 Å². The Kier molecular flexibility index (Phi) is 4.16. The molecule has 1 aromatic heterocycles. The third-order valence-corrected chi connectivity index (χ3v) is 3.92. The van der Waals surface area contributed by atoms with Crippen molar-refractivity contribution in [2.24, 2.45) is 0 Å². The first-order valence-electron chi connectivity index (χ1n) is 7.43. The largest absolute Gasteiger partial charge is 0.573 e. The van der Waals surface area contributed by atoms with E-state index >= 15 is 0 Å². The number of rotatable bonds is 3. The number of hydrogen-bond donors (Lipinski definition) is 1. The molecule has 3 rings (SSSR count). The van der Waals surface area contributed by atoms with Crippen molar-refractivity contribution in [1.29, 1.82) is 0 Å². The second-order valence-electron chi connectivity index (χ2n) is 5.59. The molecule has 25 heavy (non-hydrogen) atoms. The van der Waals surface area contributed by atoms with Crippen LogP contribution in [0.25, 0.3) is 10.9 Å². The maximum absolute atomic E-state index is 12.7. The highest BCUT2D eigenvalue weighted by molar-refractivity contribution is 5.79. The number of fused-ring (bicyclic) bond motifs is 1. The lowest BCUT2D eigenvalue weighted by atomic mass is 10.0. The third kappa shape index (κ3) is 3.45. The van der Waals surface area contributed by atoms with Gasteiger partial charge in [0.2, 0.25) is 0 Å². The molecule has 0 saturated carbocycles. The lowest BCUT2D eigenvalue weighted by Gasteiger charge is -2.13. The predicted molar refractivity (Wildman–Crippen MR) is 86.1 cm³/mol. The zero-order valence-electron chi connectivity index (χ0n) is 13.2. The van der Waals surface area contributed by atoms with Gasteiger partial charge in [-0.15, -0.1) is 13.2 Å². The maximum atomic E-state index is 12.7. The second-order valence-corrected chi connectivity index (χ2v) is 5.59. The van der Waals surface area contributed by atoms with Crippen LogP contribution in [0.1, 0.15) is 16.8 Å². The minimum atomic E-state index is -4.78. The van der Waals surface area contributed by atoms with Crippen molar-refractivity contribution in [1.82, 2.24) is 4.73 Å². The fourth-order valence-electron chi connectivity index (χ4n) is 2.75. The van der Waals surface area contributed by atoms with E-state index in [4.69, 9.17) is 0 Å². The van der Waals surface area contributed by atoms with E-state index in [2.05, 4.69) is 4.74 Å². The smallest absolute Gasteiger partial charge is 0.428 e. The van der Waals surface area contributed by atoms with Crippen molar-refractivity contribution in [3.8, 4) is 5.75 Å². The first-order valence-corrected chi connectivity index (χ1v) is 7.43. The Hall–Kier alpha value is -2.96. The minimum absolute atomic E-state index is 0.0745. The number of alkyl halides is 3. The molecule has 0 saturated heterocycles. The highest BCUT2D eigenvalue weighted by atomic mass is 19.4. The van der Waals surface area contributed by atoms with E-state index < -0.39 is 6.36 Å². The molecule has 4 nitrogen and oxygen atoms in total. The Bertz CT molecular complexity index is 993. The number of pyridine rings is 1. The van der Waals surface area contributed by atoms with Gasteiger partial charge in [0.05, 0.1) is 11.2 Å². The Labute approximate surface area is 140 Å². The Balaban J connectivity index is 2.04. The molecular weight excluding hydrogens is 335 g/mol. The van der Waals surface area contributed by atoms with E-state index in [0.29, 0.717) is 27.7 Å². The van der Waals surface area contributed by atoms with Gasteiger partial charge in [-0.3, -0.25) is 4.79 Å². The number of para-hydroxylation sites is 1. The van der Waals surface area contributed by atoms with Gasteiger partial charge in [-0.1, -0.05) is 24.3 Å². The van der Waals surface area contributed by atoms with Crippen LogP contribution in [0.4, 0.5) is 13.2 Å². The average molecular weight is 349 g/mol. The molecule has 0 bridgehead atoms. The molecular formula is C18H14F3NO3. The van der Waals surface area contributed by atoms with E-state index in [1.807, 2.05) is 0 Å². The summed E-state index contributed by atoms with van der Waals surface area (Å²) in [5.41, 5.74) is 1.23. The monoisotopic (exact) mass is 349 g/mol. The van der Waals surface area contributed by atoms with Crippen LogP contribution >= 0.6 is 0 Å². The maximum Gasteiger partial charge on any atom is 0.573 e. The third-order valence-electron chi connectivity index (χ3n) is 3.92. The van der Waals surface area contributed by atoms with Gasteiger partial charge in [-0.25, -0.2) is 0 Å². The SMILES string of the molecule is Cc1c(Cc2cccc(OC(F)(F)F)c2)c(=O)c2ccccc2n1O. The van der Waals surface area contributed by atoms with Crippen molar-refractivity contribution in [2.75, 3.05) is 0 Å². The molecule has 0 radical (unpaired) electrons. The zero-order valence-corrected chi connectivity index (χ0v) is 13.2. The van der Waals surface area contributed by atoms with Crippen molar-refractivity contribution in [3.05, 3.63) is 75.6 Å². The summed E-state index contributed by atoms with van der Waals surface area (Å²) in [4.78, 5) is 12.7. The van der Waals surface area contributed by atoms with Crippen molar-refractivity contribution in [3.63, 3.8) is 0 Å². The number of halogens is 3. The van der Waals surface area contributed by atoms with Gasteiger partial charge >= 0.3 is 6.36 Å². The first kappa shape index (κ1) is 16.9. The van der Waals surface area contributed by atoms with E-state index in [0.717, 1.165) is 4.73 Å². The standard InChI is InChI=1S/C18H14F3NO3/c1-11-15(17(23)14-7-2-3-8-16(14)22(11)24)10-12-5-4-6-13(9-12)25-18(19,20)21/h2-9,24H,10H2,1H3. The highest BCUT2D eigenvalue weighted by Gasteiger charge is 2.31. The van der Waals surface area contributed by atoms with Crippen LogP contribution in [0.3, 0.4) is 0 Å². The summed E-state index contributed by atoms with van der Waals surface area (Å²) in [5, 5.41) is 10.6. The molecule has 0 aliphatic rings. The van der Waals surface area contributed by atoms with Crippen LogP contribution in [-0.4, -0.2) is 16.3 Å². The van der Waals surface area contributed by atoms with Gasteiger partial charge in [0, 0.05) is 17.4 Å². The van der Waals surface area contributed by atoms with Crippen LogP contribution < -0.4 is 10.2 Å². The normalized spacial score (nSPS) is 11.7. The summed E-state index contributed by atoms with van der Waals surface area (Å²) in [6.07, 6.45) is -4.71. The Morgan fingerprint density at radius 3 is 2.56 bits per heavy atom. The van der Waals surface area contributed by atoms with E-state index in [1.54, 1.807) is 37.3 Å². The lowest BCUT2D eigenvalue weighted by Crippen LogP contribution is -2.19. The molecule has 0 unspecified atom stereocenters. The summed E-state index contributed by atoms with van der Waals surface area (Å²) in [5.74, 6) is -0.354. The van der Waals surface area contributed by atoms with Crippen LogP contribution in [-0.2, 0) is 6.42 Å². The molecule has 1 N–H and O–H groups in total. The van der Waals surface area contributed by atoms with Gasteiger partial charge in [-0.05, 0) is 36.8 Å². The molecule has 0 aliphatic carbocycles. The van der Waals surface area contributed by atoms with Gasteiger partial charge in [0.15, 0.2) is 5.43 Å². The van der Waals surface area contributed by atoms with Crippen LogP contribution in [0.5, 0.6) is 5.75 Å². The number of ether oxygens (including phenoxy) is 1. The lowest BCUT2D eigenvalue weighted by molar-refractivity contribution is -0.274. The van der Waals surface area contributed by atoms with E-state index in [9.17, 15) is 23.2 Å². The molecule has 0 atom stereocenters. The van der Waals surface area contributed by atoms with Gasteiger partial charge in [-0.2, -0.15) is 4.73 Å². The number of nitrogens with zero attached hydrogens (tertiary/aromatic N) is 1. The summed E-state index contributed by atoms with van der Waals surface area (Å²) >= 11 is 0. The van der Waals surface area contributed by atoms with Gasteiger partial charge in [0.1, 0.15) is 5.75 Å². The summed E-state index contributed by atoms with van der Waals surface area (Å²) in [7, 11) is 0. The van der Waals surface area contributed by atoms with Crippen molar-refractivity contribution < 1.29 is 23.1 Å². The molecule has 3 aromatic rings. The topological polar surface area (TPSA) is 51.5 Å². The molecule has 0 spiro atoms. The van der Waals surface area contributed by atoms with E-state index in [-0.39, 0.29) is 17.6 Å². The molecule has 1 heterocycles. The fraction of sp³-hybridized carbons (Fsp3) is 0.167. The zero-order chi connectivity index (χ0) is 18.2. The average Bonchev–Trinajstić information content (AvgIpc) is 2.55. The molecule has 2 aromatic carbocycles. The number of aromatic nitrogens is 1. The Morgan fingerprint density at radius 1 is 1.12 bits per heavy atom. The Morgan fingerprint density at radius 2 is 1.84 bits per heavy atom. The molecule has 0 fully saturated rings. The quantitative estimate of drug-likeness (QED) is 0.726. The molecule has 0 amide bonds. The summed E-state index contributed by atoms with van der Waals surface area (Å²) in [6, 6.07) is 12.0. The van der Waals surface area contributed by atoms with Crippen molar-refractivity contribution >= 4 is 10.9 Å². The predicted octanol–water partition coefficient (Wildman–Crippen LogP) is 4.04. The minimum Gasteiger partial charge on any atom is -0.428 e. The molecule has 0 aliphatic heterocycles. The van der Waals surface area contributed by atoms with Gasteiger partial charge < -0.3 is 9.94 Å². The molecule has 7 heteroatoms. The second kappa shape index (κ2) is 6.16. The first-order chi connectivity index (χ1) is 11.8. The summed E-state index contributed by atoms with van der Waals surface area (Å²) < 4.78 is 41.9. The number of hydrogen-bond acceptors (Lipinski definition) is 3. The van der Waals surface area contributed by atoms with Crippen LogP contribution in [0, 0.1) is 6.92 Å². The number of benzene rings is 2. The van der Waals surface area contributed by atoms with Crippen LogP contribution in [0.15, 0.2) is 53.3 Å². The highest BCUT2D eigenvalue weighted by Crippen LogP contribution is 2.24. The fourth-order valence-corrected chi connectivity index (χ4v) is 2.75. The van der Waals surface area contributed by atoms with Gasteiger partial charge in [0.25, 0.3) is 0 Å². The van der Waals surface area contributed by atoms with Crippen molar-refractivity contribution in [2.45, 2.75) is 19.7 Å². The summed E-state index contributed by atoms with van der Waals surface area (Å²) in [6.45, 7) is 1.58. The molecule has 130 valence electrons.